The fourth-order valence-electron chi connectivity index (χ4n) is 5.22. The monoisotopic (exact) mass is 503 g/mol. The van der Waals surface area contributed by atoms with Crippen LogP contribution in [0.4, 0.5) is 13.2 Å². The van der Waals surface area contributed by atoms with Gasteiger partial charge in [0, 0.05) is 29.5 Å². The number of hydrogen-bond donors (Lipinski definition) is 0. The number of halogens is 3. The molecule has 0 aliphatic carbocycles. The molecule has 1 aromatic rings. The molecule has 5 rings (SSSR count). The first-order valence-electron chi connectivity index (χ1n) is 10.3. The van der Waals surface area contributed by atoms with Crippen LogP contribution in [-0.2, 0) is 25.7 Å². The topological polar surface area (TPSA) is 101 Å². The first-order chi connectivity index (χ1) is 15.6. The van der Waals surface area contributed by atoms with Crippen LogP contribution in [0.25, 0.3) is 0 Å². The Morgan fingerprint density at radius 2 is 2.00 bits per heavy atom. The molecule has 13 heteroatoms. The van der Waals surface area contributed by atoms with Crippen LogP contribution < -0.4 is 34.7 Å². The maximum Gasteiger partial charge on any atom is 1.00 e. The quantitative estimate of drug-likeness (QED) is 0.255. The summed E-state index contributed by atoms with van der Waals surface area (Å²) >= 11 is 1.51. The molecule has 3 atom stereocenters. The van der Waals surface area contributed by atoms with Crippen molar-refractivity contribution in [2.45, 2.75) is 37.6 Å². The van der Waals surface area contributed by atoms with Gasteiger partial charge in [0.15, 0.2) is 0 Å². The summed E-state index contributed by atoms with van der Waals surface area (Å²) in [4.78, 5) is 53.2. The maximum atomic E-state index is 13.0. The molecule has 5 heterocycles. The van der Waals surface area contributed by atoms with Crippen LogP contribution in [0.1, 0.15) is 17.7 Å². The van der Waals surface area contributed by atoms with E-state index >= 15 is 0 Å². The molecule has 1 aromatic heterocycles. The number of allylic oxidation sites excluding steroid dienone is 2. The molecule has 0 N–H and O–H groups in total. The summed E-state index contributed by atoms with van der Waals surface area (Å²) in [5.41, 5.74) is 0.0889. The van der Waals surface area contributed by atoms with E-state index < -0.39 is 47.7 Å². The molecular formula is C21H17F3N3NaO5S. The van der Waals surface area contributed by atoms with Crippen molar-refractivity contribution in [2.24, 2.45) is 5.92 Å². The van der Waals surface area contributed by atoms with Gasteiger partial charge in [-0.15, -0.1) is 11.3 Å². The molecule has 0 spiro atoms. The summed E-state index contributed by atoms with van der Waals surface area (Å²) in [5, 5.41) is 13.8. The molecule has 3 fully saturated rings. The second-order valence-corrected chi connectivity index (χ2v) is 9.48. The van der Waals surface area contributed by atoms with Crippen molar-refractivity contribution in [3.8, 4) is 0 Å². The van der Waals surface area contributed by atoms with Crippen LogP contribution in [0, 0.1) is 5.92 Å². The number of amides is 3. The van der Waals surface area contributed by atoms with E-state index in [1.54, 1.807) is 4.90 Å². The van der Waals surface area contributed by atoms with E-state index in [2.05, 4.69) is 0 Å². The van der Waals surface area contributed by atoms with Crippen LogP contribution in [-0.4, -0.2) is 69.7 Å². The van der Waals surface area contributed by atoms with Gasteiger partial charge >= 0.3 is 41.6 Å². The van der Waals surface area contributed by atoms with Crippen LogP contribution in [0.5, 0.6) is 0 Å². The standard InChI is InChI=1S/C21H18F3N3O5S.Na/c22-21(23,24)20(32)26-8-12-7-11(15(19(30)31)27-14(12)16(26)18(27)29)6-10-3-4-25(17(10)28)9-13-2-1-5-33-13;/h1-2,5-6,12,14,16H,3-4,7-9H2,(H,30,31);/q;+1/p-1/b10-6+;/t12?,14-,16?;/m1./s1. The van der Waals surface area contributed by atoms with Crippen molar-refractivity contribution >= 4 is 35.0 Å². The largest absolute Gasteiger partial charge is 1.00 e. The Labute approximate surface area is 218 Å². The summed E-state index contributed by atoms with van der Waals surface area (Å²) in [6, 6.07) is 1.60. The zero-order chi connectivity index (χ0) is 23.7. The van der Waals surface area contributed by atoms with Crippen molar-refractivity contribution in [2.75, 3.05) is 13.1 Å². The van der Waals surface area contributed by atoms with Gasteiger partial charge < -0.3 is 24.6 Å². The summed E-state index contributed by atoms with van der Waals surface area (Å²) in [6.07, 6.45) is -3.31. The number of thiophene rings is 1. The molecule has 2 unspecified atom stereocenters. The summed E-state index contributed by atoms with van der Waals surface area (Å²) in [7, 11) is 0. The van der Waals surface area contributed by atoms with Gasteiger partial charge in [0.05, 0.1) is 24.3 Å². The Morgan fingerprint density at radius 3 is 2.62 bits per heavy atom. The summed E-state index contributed by atoms with van der Waals surface area (Å²) < 4.78 is 38.9. The van der Waals surface area contributed by atoms with Gasteiger partial charge in [-0.05, 0) is 35.9 Å². The van der Waals surface area contributed by atoms with Crippen molar-refractivity contribution in [3.05, 3.63) is 45.3 Å². The van der Waals surface area contributed by atoms with Crippen LogP contribution in [0.15, 0.2) is 40.4 Å². The second-order valence-electron chi connectivity index (χ2n) is 8.45. The SMILES string of the molecule is O=C([O-])C1=C(/C=C2\CCN(Cc3cccs3)C2=O)CC2CN(C(=O)C(F)(F)F)C3C(=O)N1[C@H]23.[Na+]. The number of nitrogens with zero attached hydrogens (tertiary/aromatic N) is 3. The number of carboxylic acid groups (broad SMARTS) is 1. The van der Waals surface area contributed by atoms with Crippen LogP contribution in [0.2, 0.25) is 0 Å². The van der Waals surface area contributed by atoms with Gasteiger partial charge in [-0.1, -0.05) is 6.07 Å². The van der Waals surface area contributed by atoms with Gasteiger partial charge in [-0.25, -0.2) is 0 Å². The van der Waals surface area contributed by atoms with E-state index in [9.17, 15) is 37.5 Å². The normalized spacial score (nSPS) is 27.2. The molecule has 34 heavy (non-hydrogen) atoms. The van der Waals surface area contributed by atoms with Crippen molar-refractivity contribution in [1.29, 1.82) is 0 Å². The predicted molar refractivity (Wildman–Crippen MR) is 105 cm³/mol. The molecule has 0 bridgehead atoms. The molecule has 3 saturated heterocycles. The van der Waals surface area contributed by atoms with Crippen LogP contribution in [0.3, 0.4) is 0 Å². The van der Waals surface area contributed by atoms with E-state index in [0.717, 1.165) is 9.78 Å². The maximum absolute atomic E-state index is 13.0. The molecule has 0 radical (unpaired) electrons. The minimum atomic E-state index is -5.13. The molecular weight excluding hydrogens is 486 g/mol. The molecule has 8 nitrogen and oxygen atoms in total. The average Bonchev–Trinajstić information content (AvgIpc) is 3.45. The molecule has 4 aliphatic rings. The first kappa shape index (κ1) is 25.0. The molecule has 174 valence electrons. The molecule has 4 aliphatic heterocycles. The summed E-state index contributed by atoms with van der Waals surface area (Å²) in [6.45, 7) is 0.550. The van der Waals surface area contributed by atoms with Gasteiger partial charge in [-0.2, -0.15) is 13.2 Å². The Balaban J connectivity index is 0.00000274. The second kappa shape index (κ2) is 8.81. The minimum Gasteiger partial charge on any atom is -0.543 e. The minimum absolute atomic E-state index is 0. The van der Waals surface area contributed by atoms with Gasteiger partial charge in [0.2, 0.25) is 5.91 Å². The van der Waals surface area contributed by atoms with Crippen LogP contribution >= 0.6 is 11.3 Å². The first-order valence-corrected chi connectivity index (χ1v) is 11.1. The fourth-order valence-corrected chi connectivity index (χ4v) is 5.93. The number of carbonyl (C=O) groups excluding carboxylic acids is 4. The third kappa shape index (κ3) is 3.90. The summed E-state index contributed by atoms with van der Waals surface area (Å²) in [5.74, 6) is -5.46. The molecule has 0 saturated carbocycles. The average molecular weight is 503 g/mol. The number of β-lactam (4-membered cyclic amide) rings is 1. The third-order valence-corrected chi connectivity index (χ3v) is 7.44. The predicted octanol–water partition coefficient (Wildman–Crippen LogP) is -2.58. The molecule has 3 amide bonds. The zero-order valence-electron chi connectivity index (χ0n) is 18.0. The Hall–Kier alpha value is -2.15. The number of alkyl halides is 3. The Morgan fingerprint density at radius 1 is 1.26 bits per heavy atom. The Kier molecular flexibility index (Phi) is 6.47. The smallest absolute Gasteiger partial charge is 0.543 e. The van der Waals surface area contributed by atoms with Gasteiger partial charge in [-0.3, -0.25) is 14.4 Å². The number of likely N-dealkylation sites (tertiary alicyclic amines) is 2. The third-order valence-electron chi connectivity index (χ3n) is 6.57. The van der Waals surface area contributed by atoms with Gasteiger partial charge in [0.25, 0.3) is 5.91 Å². The molecule has 0 aromatic carbocycles. The van der Waals surface area contributed by atoms with E-state index in [-0.39, 0.29) is 54.0 Å². The van der Waals surface area contributed by atoms with E-state index in [0.29, 0.717) is 30.0 Å². The number of aliphatic carboxylic acids is 1. The van der Waals surface area contributed by atoms with Crippen molar-refractivity contribution in [1.82, 2.24) is 14.7 Å². The number of carbonyl (C=O) groups is 4. The fraction of sp³-hybridized carbons (Fsp3) is 0.429. The van der Waals surface area contributed by atoms with Crippen molar-refractivity contribution in [3.63, 3.8) is 0 Å². The van der Waals surface area contributed by atoms with Gasteiger partial charge in [0.1, 0.15) is 6.04 Å². The number of rotatable bonds is 4. The number of hydrogen-bond acceptors (Lipinski definition) is 6. The van der Waals surface area contributed by atoms with Crippen molar-refractivity contribution < 1.29 is 67.0 Å². The van der Waals surface area contributed by atoms with E-state index in [4.69, 9.17) is 0 Å². The zero-order valence-corrected chi connectivity index (χ0v) is 20.8. The van der Waals surface area contributed by atoms with E-state index in [1.807, 2.05) is 17.5 Å². The van der Waals surface area contributed by atoms with E-state index in [1.165, 1.54) is 17.4 Å². The number of carboxylic acids is 1. The Bertz CT molecular complexity index is 1130.